The van der Waals surface area contributed by atoms with E-state index in [1.165, 1.54) is 0 Å². The lowest BCUT2D eigenvalue weighted by molar-refractivity contribution is 0.237. The van der Waals surface area contributed by atoms with Gasteiger partial charge in [0.25, 0.3) is 0 Å². The molecule has 2 aromatic rings. The molecular formula is C15H21BrN4O. The average Bonchev–Trinajstić information content (AvgIpc) is 2.81. The number of aromatic nitrogens is 2. The van der Waals surface area contributed by atoms with Gasteiger partial charge in [-0.3, -0.25) is 0 Å². The molecule has 0 saturated heterocycles. The molecule has 0 bridgehead atoms. The van der Waals surface area contributed by atoms with Gasteiger partial charge in [0.15, 0.2) is 0 Å². The minimum absolute atomic E-state index is 0.118. The summed E-state index contributed by atoms with van der Waals surface area (Å²) >= 11 is 3.48. The van der Waals surface area contributed by atoms with Gasteiger partial charge in [0.2, 0.25) is 0 Å². The lowest BCUT2D eigenvalue weighted by Gasteiger charge is -2.11. The zero-order valence-electron chi connectivity index (χ0n) is 12.6. The number of amides is 2. The highest BCUT2D eigenvalue weighted by Gasteiger charge is 2.07. The Morgan fingerprint density at radius 3 is 2.95 bits per heavy atom. The fourth-order valence-electron chi connectivity index (χ4n) is 2.08. The van der Waals surface area contributed by atoms with Crippen molar-refractivity contribution in [2.24, 2.45) is 0 Å². The predicted molar refractivity (Wildman–Crippen MR) is 87.6 cm³/mol. The van der Waals surface area contributed by atoms with Gasteiger partial charge in [0.1, 0.15) is 5.65 Å². The van der Waals surface area contributed by atoms with Gasteiger partial charge in [-0.25, -0.2) is 9.78 Å². The highest BCUT2D eigenvalue weighted by molar-refractivity contribution is 9.10. The SMILES string of the molecule is CC[C@H](C)NC(=O)NCCc1cn2cc(Br)cc(C)c2n1. The van der Waals surface area contributed by atoms with E-state index in [4.69, 9.17) is 0 Å². The number of nitrogens with zero attached hydrogens (tertiary/aromatic N) is 2. The van der Waals surface area contributed by atoms with Gasteiger partial charge in [0, 0.05) is 35.9 Å². The standard InChI is InChI=1S/C15H21BrN4O/c1-4-11(3)18-15(21)17-6-5-13-9-20-8-12(16)7-10(2)14(20)19-13/h7-9,11H,4-6H2,1-3H3,(H2,17,18,21)/t11-/m0/s1. The number of pyridine rings is 1. The molecule has 0 aliphatic heterocycles. The van der Waals surface area contributed by atoms with E-state index in [1.807, 2.05) is 43.6 Å². The summed E-state index contributed by atoms with van der Waals surface area (Å²) in [6, 6.07) is 2.12. The van der Waals surface area contributed by atoms with Crippen molar-refractivity contribution in [1.82, 2.24) is 20.0 Å². The van der Waals surface area contributed by atoms with Crippen LogP contribution < -0.4 is 10.6 Å². The van der Waals surface area contributed by atoms with Crippen LogP contribution in [0.15, 0.2) is 22.9 Å². The fourth-order valence-corrected chi connectivity index (χ4v) is 2.64. The zero-order valence-corrected chi connectivity index (χ0v) is 14.2. The molecule has 0 saturated carbocycles. The van der Waals surface area contributed by atoms with Crippen LogP contribution in [-0.2, 0) is 6.42 Å². The number of hydrogen-bond acceptors (Lipinski definition) is 2. The molecule has 0 unspecified atom stereocenters. The highest BCUT2D eigenvalue weighted by Crippen LogP contribution is 2.17. The van der Waals surface area contributed by atoms with Crippen LogP contribution in [-0.4, -0.2) is 28.0 Å². The molecule has 2 amide bonds. The van der Waals surface area contributed by atoms with Gasteiger partial charge in [-0.15, -0.1) is 0 Å². The van der Waals surface area contributed by atoms with Crippen molar-refractivity contribution in [2.75, 3.05) is 6.54 Å². The first kappa shape index (κ1) is 15.8. The molecule has 0 fully saturated rings. The van der Waals surface area contributed by atoms with Crippen LogP contribution >= 0.6 is 15.9 Å². The maximum Gasteiger partial charge on any atom is 0.315 e. The number of imidazole rings is 1. The number of fused-ring (bicyclic) bond motifs is 1. The third-order valence-electron chi connectivity index (χ3n) is 3.41. The Kier molecular flexibility index (Phi) is 5.22. The Bertz CT molecular complexity index is 638. The van der Waals surface area contributed by atoms with Crippen LogP contribution in [0.1, 0.15) is 31.5 Å². The molecule has 0 aliphatic rings. The highest BCUT2D eigenvalue weighted by atomic mass is 79.9. The lowest BCUT2D eigenvalue weighted by atomic mass is 10.3. The van der Waals surface area contributed by atoms with Crippen LogP contribution in [0, 0.1) is 6.92 Å². The maximum atomic E-state index is 11.6. The third kappa shape index (κ3) is 4.20. The van der Waals surface area contributed by atoms with E-state index in [0.29, 0.717) is 13.0 Å². The number of carbonyl (C=O) groups excluding carboxylic acids is 1. The molecule has 0 aromatic carbocycles. The van der Waals surface area contributed by atoms with Gasteiger partial charge in [-0.2, -0.15) is 0 Å². The summed E-state index contributed by atoms with van der Waals surface area (Å²) < 4.78 is 3.04. The number of halogens is 1. The molecule has 5 nitrogen and oxygen atoms in total. The lowest BCUT2D eigenvalue weighted by Crippen LogP contribution is -2.41. The molecule has 0 radical (unpaired) electrons. The minimum Gasteiger partial charge on any atom is -0.338 e. The fraction of sp³-hybridized carbons (Fsp3) is 0.467. The molecule has 0 spiro atoms. The smallest absolute Gasteiger partial charge is 0.315 e. The Morgan fingerprint density at radius 1 is 1.48 bits per heavy atom. The second-order valence-corrected chi connectivity index (χ2v) is 6.18. The van der Waals surface area contributed by atoms with E-state index >= 15 is 0 Å². The van der Waals surface area contributed by atoms with E-state index in [2.05, 4.69) is 31.5 Å². The molecule has 0 aliphatic carbocycles. The second kappa shape index (κ2) is 6.93. The van der Waals surface area contributed by atoms with Gasteiger partial charge in [-0.05, 0) is 47.8 Å². The average molecular weight is 353 g/mol. The summed E-state index contributed by atoms with van der Waals surface area (Å²) in [4.78, 5) is 16.2. The van der Waals surface area contributed by atoms with Crippen LogP contribution in [0.2, 0.25) is 0 Å². The Hall–Kier alpha value is -1.56. The number of aryl methyl sites for hydroxylation is 1. The van der Waals surface area contributed by atoms with Crippen molar-refractivity contribution < 1.29 is 4.79 Å². The number of urea groups is 1. The van der Waals surface area contributed by atoms with Crippen molar-refractivity contribution in [3.8, 4) is 0 Å². The normalized spacial score (nSPS) is 12.4. The Balaban J connectivity index is 1.92. The molecule has 2 aromatic heterocycles. The van der Waals surface area contributed by atoms with Gasteiger partial charge >= 0.3 is 6.03 Å². The molecule has 2 N–H and O–H groups in total. The van der Waals surface area contributed by atoms with Gasteiger partial charge in [-0.1, -0.05) is 6.92 Å². The molecule has 114 valence electrons. The summed E-state index contributed by atoms with van der Waals surface area (Å²) in [6.07, 6.45) is 5.63. The van der Waals surface area contributed by atoms with Crippen molar-refractivity contribution in [3.05, 3.63) is 34.2 Å². The summed E-state index contributed by atoms with van der Waals surface area (Å²) in [7, 11) is 0. The first-order valence-corrected chi connectivity index (χ1v) is 7.97. The van der Waals surface area contributed by atoms with Crippen molar-refractivity contribution in [1.29, 1.82) is 0 Å². The first-order chi connectivity index (χ1) is 9.99. The molecular weight excluding hydrogens is 332 g/mol. The summed E-state index contributed by atoms with van der Waals surface area (Å²) in [6.45, 7) is 6.64. The molecule has 1 atom stereocenters. The summed E-state index contributed by atoms with van der Waals surface area (Å²) in [5.74, 6) is 0. The largest absolute Gasteiger partial charge is 0.338 e. The summed E-state index contributed by atoms with van der Waals surface area (Å²) in [5, 5.41) is 5.74. The van der Waals surface area contributed by atoms with E-state index in [9.17, 15) is 4.79 Å². The first-order valence-electron chi connectivity index (χ1n) is 7.17. The van der Waals surface area contributed by atoms with Crippen LogP contribution in [0.4, 0.5) is 4.79 Å². The summed E-state index contributed by atoms with van der Waals surface area (Å²) in [5.41, 5.74) is 3.05. The number of hydrogen-bond donors (Lipinski definition) is 2. The zero-order chi connectivity index (χ0) is 15.4. The van der Waals surface area contributed by atoms with E-state index in [0.717, 1.165) is 27.8 Å². The molecule has 2 heterocycles. The van der Waals surface area contributed by atoms with Crippen molar-refractivity contribution in [2.45, 2.75) is 39.7 Å². The Labute approximate surface area is 133 Å². The monoisotopic (exact) mass is 352 g/mol. The predicted octanol–water partition coefficient (Wildman–Crippen LogP) is 3.05. The van der Waals surface area contributed by atoms with Gasteiger partial charge in [0.05, 0.1) is 5.69 Å². The van der Waals surface area contributed by atoms with E-state index in [-0.39, 0.29) is 12.1 Å². The maximum absolute atomic E-state index is 11.6. The van der Waals surface area contributed by atoms with Crippen molar-refractivity contribution >= 4 is 27.6 Å². The van der Waals surface area contributed by atoms with Crippen LogP contribution in [0.3, 0.4) is 0 Å². The Morgan fingerprint density at radius 2 is 2.24 bits per heavy atom. The van der Waals surface area contributed by atoms with Gasteiger partial charge < -0.3 is 15.0 Å². The topological polar surface area (TPSA) is 58.4 Å². The van der Waals surface area contributed by atoms with E-state index < -0.39 is 0 Å². The molecule has 2 rings (SSSR count). The van der Waals surface area contributed by atoms with Crippen LogP contribution in [0.25, 0.3) is 5.65 Å². The number of rotatable bonds is 5. The second-order valence-electron chi connectivity index (χ2n) is 5.26. The van der Waals surface area contributed by atoms with Crippen molar-refractivity contribution in [3.63, 3.8) is 0 Å². The van der Waals surface area contributed by atoms with E-state index in [1.54, 1.807) is 0 Å². The number of nitrogens with one attached hydrogen (secondary N) is 2. The molecule has 6 heteroatoms. The molecule has 21 heavy (non-hydrogen) atoms. The quantitative estimate of drug-likeness (QED) is 0.868. The third-order valence-corrected chi connectivity index (χ3v) is 3.84. The van der Waals surface area contributed by atoms with Crippen LogP contribution in [0.5, 0.6) is 0 Å². The minimum atomic E-state index is -0.118. The number of carbonyl (C=O) groups is 1.